The van der Waals surface area contributed by atoms with E-state index in [0.717, 1.165) is 0 Å². The predicted molar refractivity (Wildman–Crippen MR) is 61.9 cm³/mol. The number of likely N-dealkylation sites (N-methyl/N-ethyl adjacent to an activating group) is 1. The Morgan fingerprint density at radius 2 is 2.11 bits per heavy atom. The molecule has 1 aromatic carbocycles. The van der Waals surface area contributed by atoms with Gasteiger partial charge < -0.3 is 5.32 Å². The first-order chi connectivity index (χ1) is 8.69. The molecule has 0 aliphatic rings. The highest BCUT2D eigenvalue weighted by Crippen LogP contribution is 2.13. The second kappa shape index (κ2) is 5.35. The molecule has 0 unspecified atom stereocenters. The molecule has 2 aromatic rings. The van der Waals surface area contributed by atoms with Crippen LogP contribution in [0.15, 0.2) is 24.3 Å². The highest BCUT2D eigenvalue weighted by molar-refractivity contribution is 5.75. The summed E-state index contributed by atoms with van der Waals surface area (Å²) in [6.45, 7) is 2.40. The van der Waals surface area contributed by atoms with Crippen LogP contribution >= 0.6 is 0 Å². The van der Waals surface area contributed by atoms with Crippen molar-refractivity contribution in [2.24, 2.45) is 0 Å². The molecule has 1 N–H and O–H groups in total. The monoisotopic (exact) mass is 249 g/mol. The molecule has 0 bridgehead atoms. The van der Waals surface area contributed by atoms with Crippen molar-refractivity contribution >= 4 is 5.91 Å². The Morgan fingerprint density at radius 1 is 1.39 bits per heavy atom. The van der Waals surface area contributed by atoms with E-state index in [0.29, 0.717) is 17.9 Å². The minimum Gasteiger partial charge on any atom is -0.355 e. The summed E-state index contributed by atoms with van der Waals surface area (Å²) in [4.78, 5) is 12.5. The highest BCUT2D eigenvalue weighted by atomic mass is 19.1. The summed E-state index contributed by atoms with van der Waals surface area (Å²) in [6.07, 6.45) is 0. The van der Waals surface area contributed by atoms with Crippen molar-refractivity contribution in [2.75, 3.05) is 6.54 Å². The average Bonchev–Trinajstić information content (AvgIpc) is 2.78. The number of benzene rings is 1. The van der Waals surface area contributed by atoms with Gasteiger partial charge in [-0.1, -0.05) is 0 Å². The Hall–Kier alpha value is -2.31. The number of aromatic nitrogens is 4. The first-order valence-electron chi connectivity index (χ1n) is 5.49. The predicted octanol–water partition coefficient (Wildman–Crippen LogP) is 0.615. The molecular weight excluding hydrogens is 237 g/mol. The number of nitrogens with one attached hydrogen (secondary N) is 1. The lowest BCUT2D eigenvalue weighted by molar-refractivity contribution is -0.121. The first-order valence-corrected chi connectivity index (χ1v) is 5.49. The maximum atomic E-state index is 12.7. The third-order valence-corrected chi connectivity index (χ3v) is 2.21. The summed E-state index contributed by atoms with van der Waals surface area (Å²) in [5, 5.41) is 14.2. The fourth-order valence-electron chi connectivity index (χ4n) is 1.41. The Kier molecular flexibility index (Phi) is 3.61. The lowest BCUT2D eigenvalue weighted by atomic mass is 10.2. The van der Waals surface area contributed by atoms with E-state index < -0.39 is 0 Å². The van der Waals surface area contributed by atoms with E-state index in [9.17, 15) is 9.18 Å². The van der Waals surface area contributed by atoms with Crippen LogP contribution in [-0.4, -0.2) is 32.7 Å². The van der Waals surface area contributed by atoms with Crippen molar-refractivity contribution in [3.05, 3.63) is 30.1 Å². The van der Waals surface area contributed by atoms with E-state index >= 15 is 0 Å². The first kappa shape index (κ1) is 12.2. The van der Waals surface area contributed by atoms with Crippen LogP contribution in [0.3, 0.4) is 0 Å². The molecule has 0 spiro atoms. The summed E-state index contributed by atoms with van der Waals surface area (Å²) in [5.74, 6) is -0.145. The minimum absolute atomic E-state index is 0.0159. The Balaban J connectivity index is 2.10. The SMILES string of the molecule is CCNC(=O)Cn1nnc(-c2ccc(F)cc2)n1. The van der Waals surface area contributed by atoms with Gasteiger partial charge in [-0.3, -0.25) is 4.79 Å². The van der Waals surface area contributed by atoms with Crippen LogP contribution in [0.1, 0.15) is 6.92 Å². The highest BCUT2D eigenvalue weighted by Gasteiger charge is 2.08. The van der Waals surface area contributed by atoms with Gasteiger partial charge in [0.05, 0.1) is 0 Å². The standard InChI is InChI=1S/C11H12FN5O/c1-2-13-10(18)7-17-15-11(14-16-17)8-3-5-9(12)6-4-8/h3-6H,2,7H2,1H3,(H,13,18). The van der Waals surface area contributed by atoms with Gasteiger partial charge in [0.1, 0.15) is 12.4 Å². The zero-order valence-corrected chi connectivity index (χ0v) is 9.80. The molecule has 94 valence electrons. The van der Waals surface area contributed by atoms with Crippen LogP contribution < -0.4 is 5.32 Å². The molecule has 0 saturated carbocycles. The van der Waals surface area contributed by atoms with Crippen molar-refractivity contribution in [3.8, 4) is 11.4 Å². The molecule has 1 amide bonds. The smallest absolute Gasteiger partial charge is 0.243 e. The second-order valence-electron chi connectivity index (χ2n) is 3.60. The Labute approximate surface area is 103 Å². The third kappa shape index (κ3) is 2.88. The summed E-state index contributed by atoms with van der Waals surface area (Å²) >= 11 is 0. The van der Waals surface area contributed by atoms with Gasteiger partial charge in [0.2, 0.25) is 11.7 Å². The van der Waals surface area contributed by atoms with E-state index in [1.54, 1.807) is 12.1 Å². The summed E-state index contributed by atoms with van der Waals surface area (Å²) in [5.41, 5.74) is 0.651. The molecule has 0 aliphatic heterocycles. The molecule has 0 fully saturated rings. The quantitative estimate of drug-likeness (QED) is 0.862. The molecule has 0 aliphatic carbocycles. The Bertz CT molecular complexity index is 537. The van der Waals surface area contributed by atoms with Crippen molar-refractivity contribution in [1.82, 2.24) is 25.5 Å². The number of hydrogen-bond acceptors (Lipinski definition) is 4. The molecule has 2 rings (SSSR count). The normalized spacial score (nSPS) is 10.3. The number of carbonyl (C=O) groups excluding carboxylic acids is 1. The maximum absolute atomic E-state index is 12.7. The fraction of sp³-hybridized carbons (Fsp3) is 0.273. The van der Waals surface area contributed by atoms with Crippen LogP contribution in [0.4, 0.5) is 4.39 Å². The molecule has 18 heavy (non-hydrogen) atoms. The molecule has 1 aromatic heterocycles. The van der Waals surface area contributed by atoms with Crippen molar-refractivity contribution in [2.45, 2.75) is 13.5 Å². The van der Waals surface area contributed by atoms with Gasteiger partial charge in [0.25, 0.3) is 0 Å². The molecular formula is C11H12FN5O. The van der Waals surface area contributed by atoms with Crippen molar-refractivity contribution < 1.29 is 9.18 Å². The topological polar surface area (TPSA) is 72.7 Å². The molecule has 0 saturated heterocycles. The number of hydrogen-bond donors (Lipinski definition) is 1. The third-order valence-electron chi connectivity index (χ3n) is 2.21. The van der Waals surface area contributed by atoms with Crippen LogP contribution in [-0.2, 0) is 11.3 Å². The van der Waals surface area contributed by atoms with Crippen molar-refractivity contribution in [1.29, 1.82) is 0 Å². The van der Waals surface area contributed by atoms with E-state index in [4.69, 9.17) is 0 Å². The van der Waals surface area contributed by atoms with E-state index in [2.05, 4.69) is 20.7 Å². The fourth-order valence-corrected chi connectivity index (χ4v) is 1.41. The van der Waals surface area contributed by atoms with Gasteiger partial charge in [0, 0.05) is 12.1 Å². The van der Waals surface area contributed by atoms with Gasteiger partial charge in [-0.15, -0.1) is 10.2 Å². The van der Waals surface area contributed by atoms with Crippen LogP contribution in [0.25, 0.3) is 11.4 Å². The molecule has 1 heterocycles. The lowest BCUT2D eigenvalue weighted by Crippen LogP contribution is -2.28. The Morgan fingerprint density at radius 3 is 2.78 bits per heavy atom. The number of amides is 1. The van der Waals surface area contributed by atoms with E-state index in [-0.39, 0.29) is 18.3 Å². The number of halogens is 1. The molecule has 7 heteroatoms. The summed E-state index contributed by atoms with van der Waals surface area (Å²) in [7, 11) is 0. The number of rotatable bonds is 4. The van der Waals surface area contributed by atoms with Gasteiger partial charge in [-0.25, -0.2) is 4.39 Å². The number of carbonyl (C=O) groups is 1. The van der Waals surface area contributed by atoms with Gasteiger partial charge >= 0.3 is 0 Å². The molecule has 0 atom stereocenters. The zero-order valence-electron chi connectivity index (χ0n) is 9.80. The van der Waals surface area contributed by atoms with Crippen LogP contribution in [0.2, 0.25) is 0 Å². The minimum atomic E-state index is -0.325. The van der Waals surface area contributed by atoms with Gasteiger partial charge in [-0.2, -0.15) is 4.80 Å². The van der Waals surface area contributed by atoms with E-state index in [1.807, 2.05) is 6.92 Å². The maximum Gasteiger partial charge on any atom is 0.243 e. The molecule has 0 radical (unpaired) electrons. The summed E-state index contributed by atoms with van der Waals surface area (Å²) in [6, 6.07) is 5.76. The van der Waals surface area contributed by atoms with Gasteiger partial charge in [-0.05, 0) is 36.4 Å². The number of tetrazole rings is 1. The van der Waals surface area contributed by atoms with Crippen LogP contribution in [0, 0.1) is 5.82 Å². The summed E-state index contributed by atoms with van der Waals surface area (Å²) < 4.78 is 12.7. The second-order valence-corrected chi connectivity index (χ2v) is 3.60. The average molecular weight is 249 g/mol. The van der Waals surface area contributed by atoms with E-state index in [1.165, 1.54) is 16.9 Å². The van der Waals surface area contributed by atoms with Crippen LogP contribution in [0.5, 0.6) is 0 Å². The largest absolute Gasteiger partial charge is 0.355 e. The van der Waals surface area contributed by atoms with Gasteiger partial charge in [0.15, 0.2) is 0 Å². The zero-order chi connectivity index (χ0) is 13.0. The van der Waals surface area contributed by atoms with Crippen molar-refractivity contribution in [3.63, 3.8) is 0 Å². The lowest BCUT2D eigenvalue weighted by Gasteiger charge is -1.99. The number of nitrogens with zero attached hydrogens (tertiary/aromatic N) is 4. The molecule has 6 nitrogen and oxygen atoms in total.